The first-order valence-corrected chi connectivity index (χ1v) is 8.00. The number of halogens is 1. The van der Waals surface area contributed by atoms with E-state index in [-0.39, 0.29) is 11.7 Å². The minimum absolute atomic E-state index is 0.121. The predicted octanol–water partition coefficient (Wildman–Crippen LogP) is 3.44. The maximum absolute atomic E-state index is 13.1. The number of thioether (sulfide) groups is 1. The van der Waals surface area contributed by atoms with Gasteiger partial charge in [-0.3, -0.25) is 9.89 Å². The van der Waals surface area contributed by atoms with Crippen molar-refractivity contribution >= 4 is 35.5 Å². The monoisotopic (exact) mass is 344 g/mol. The first-order chi connectivity index (χ1) is 11.7. The van der Waals surface area contributed by atoms with Crippen LogP contribution in [0.15, 0.2) is 52.2 Å². The summed E-state index contributed by atoms with van der Waals surface area (Å²) >= 11 is 1.18. The van der Waals surface area contributed by atoms with Crippen LogP contribution in [0.2, 0.25) is 0 Å². The number of hydrogen-bond donors (Lipinski definition) is 2. The van der Waals surface area contributed by atoms with E-state index in [0.29, 0.717) is 22.4 Å². The highest BCUT2D eigenvalue weighted by Crippen LogP contribution is 2.15. The lowest BCUT2D eigenvalue weighted by atomic mass is 10.3. The minimum atomic E-state index is -0.401. The summed E-state index contributed by atoms with van der Waals surface area (Å²) in [7, 11) is 0. The van der Waals surface area contributed by atoms with Crippen molar-refractivity contribution < 1.29 is 13.6 Å². The zero-order chi connectivity index (χ0) is 16.8. The molecule has 0 aliphatic heterocycles. The molecule has 0 bridgehead atoms. The molecule has 3 aromatic rings. The third-order valence-corrected chi connectivity index (χ3v) is 3.72. The maximum Gasteiger partial charge on any atom is 0.234 e. The Morgan fingerprint density at radius 3 is 3.04 bits per heavy atom. The smallest absolute Gasteiger partial charge is 0.234 e. The normalized spacial score (nSPS) is 11.0. The SMILES string of the molecule is O=C(CSc1n[nH]c(/C=C/c2ccco2)n1)Nc1cccc(F)c1. The number of benzene rings is 1. The number of amides is 1. The molecule has 0 saturated heterocycles. The van der Waals surface area contributed by atoms with Crippen LogP contribution < -0.4 is 5.32 Å². The van der Waals surface area contributed by atoms with Gasteiger partial charge in [0.05, 0.1) is 12.0 Å². The summed E-state index contributed by atoms with van der Waals surface area (Å²) in [6.45, 7) is 0. The molecule has 2 heterocycles. The summed E-state index contributed by atoms with van der Waals surface area (Å²) in [6.07, 6.45) is 5.06. The molecule has 6 nitrogen and oxygen atoms in total. The van der Waals surface area contributed by atoms with Gasteiger partial charge in [-0.05, 0) is 42.5 Å². The van der Waals surface area contributed by atoms with Crippen molar-refractivity contribution in [1.29, 1.82) is 0 Å². The van der Waals surface area contributed by atoms with Gasteiger partial charge in [-0.25, -0.2) is 9.37 Å². The van der Waals surface area contributed by atoms with E-state index in [1.807, 2.05) is 6.07 Å². The third kappa shape index (κ3) is 4.56. The van der Waals surface area contributed by atoms with Gasteiger partial charge in [0.25, 0.3) is 0 Å². The summed E-state index contributed by atoms with van der Waals surface area (Å²) in [4.78, 5) is 16.1. The highest BCUT2D eigenvalue weighted by Gasteiger charge is 2.07. The lowest BCUT2D eigenvalue weighted by Gasteiger charge is -2.03. The number of nitrogens with one attached hydrogen (secondary N) is 2. The maximum atomic E-state index is 13.1. The molecule has 1 amide bonds. The molecule has 0 unspecified atom stereocenters. The molecule has 0 spiro atoms. The van der Waals surface area contributed by atoms with E-state index in [1.54, 1.807) is 30.5 Å². The molecule has 1 aromatic carbocycles. The van der Waals surface area contributed by atoms with Crippen LogP contribution in [0.5, 0.6) is 0 Å². The average molecular weight is 344 g/mol. The predicted molar refractivity (Wildman–Crippen MR) is 89.8 cm³/mol. The number of aromatic amines is 1. The van der Waals surface area contributed by atoms with Crippen LogP contribution in [0, 0.1) is 5.82 Å². The topological polar surface area (TPSA) is 83.8 Å². The Labute approximate surface area is 141 Å². The van der Waals surface area contributed by atoms with E-state index in [1.165, 1.54) is 30.0 Å². The van der Waals surface area contributed by atoms with Crippen LogP contribution in [0.3, 0.4) is 0 Å². The molecule has 2 aromatic heterocycles. The fourth-order valence-electron chi connectivity index (χ4n) is 1.84. The largest absolute Gasteiger partial charge is 0.465 e. The Morgan fingerprint density at radius 1 is 1.33 bits per heavy atom. The number of anilines is 1. The van der Waals surface area contributed by atoms with Crippen LogP contribution in [0.4, 0.5) is 10.1 Å². The van der Waals surface area contributed by atoms with Gasteiger partial charge in [0, 0.05) is 5.69 Å². The van der Waals surface area contributed by atoms with Gasteiger partial charge in [0.15, 0.2) is 0 Å². The van der Waals surface area contributed by atoms with Gasteiger partial charge in [-0.15, -0.1) is 5.10 Å². The molecule has 0 atom stereocenters. The number of H-pyrrole nitrogens is 1. The molecular formula is C16H13FN4O2S. The van der Waals surface area contributed by atoms with Crippen molar-refractivity contribution in [1.82, 2.24) is 15.2 Å². The van der Waals surface area contributed by atoms with Crippen molar-refractivity contribution in [3.05, 3.63) is 60.1 Å². The average Bonchev–Trinajstić information content (AvgIpc) is 3.23. The fraction of sp³-hybridized carbons (Fsp3) is 0.0625. The third-order valence-electron chi connectivity index (χ3n) is 2.87. The van der Waals surface area contributed by atoms with Gasteiger partial charge in [0.2, 0.25) is 11.1 Å². The van der Waals surface area contributed by atoms with Crippen molar-refractivity contribution in [2.75, 3.05) is 11.1 Å². The van der Waals surface area contributed by atoms with Crippen LogP contribution in [-0.4, -0.2) is 26.8 Å². The van der Waals surface area contributed by atoms with Gasteiger partial charge >= 0.3 is 0 Å². The van der Waals surface area contributed by atoms with Crippen LogP contribution in [0.1, 0.15) is 11.6 Å². The number of aromatic nitrogens is 3. The van der Waals surface area contributed by atoms with Gasteiger partial charge < -0.3 is 9.73 Å². The van der Waals surface area contributed by atoms with Crippen molar-refractivity contribution in [3.8, 4) is 0 Å². The summed E-state index contributed by atoms with van der Waals surface area (Å²) < 4.78 is 18.2. The first-order valence-electron chi connectivity index (χ1n) is 7.01. The molecule has 0 aliphatic rings. The Morgan fingerprint density at radius 2 is 2.25 bits per heavy atom. The number of hydrogen-bond acceptors (Lipinski definition) is 5. The summed E-state index contributed by atoms with van der Waals surface area (Å²) in [5, 5.41) is 9.83. The first kappa shape index (κ1) is 16.0. The van der Waals surface area contributed by atoms with Gasteiger partial charge in [0.1, 0.15) is 17.4 Å². The van der Waals surface area contributed by atoms with Crippen molar-refractivity contribution in [2.45, 2.75) is 5.16 Å². The van der Waals surface area contributed by atoms with E-state index in [0.717, 1.165) is 0 Å². The molecule has 122 valence electrons. The van der Waals surface area contributed by atoms with E-state index >= 15 is 0 Å². The number of carbonyl (C=O) groups is 1. The molecule has 0 fully saturated rings. The van der Waals surface area contributed by atoms with E-state index in [4.69, 9.17) is 4.42 Å². The molecule has 0 saturated carbocycles. The molecule has 0 aliphatic carbocycles. The quantitative estimate of drug-likeness (QED) is 0.669. The summed E-state index contributed by atoms with van der Waals surface area (Å²) in [6, 6.07) is 9.33. The molecular weight excluding hydrogens is 331 g/mol. The van der Waals surface area contributed by atoms with Crippen molar-refractivity contribution in [2.24, 2.45) is 0 Å². The highest BCUT2D eigenvalue weighted by molar-refractivity contribution is 7.99. The number of nitrogens with zero attached hydrogens (tertiary/aromatic N) is 2. The second kappa shape index (κ2) is 7.60. The standard InChI is InChI=1S/C16H13FN4O2S/c17-11-3-1-4-12(9-11)18-15(22)10-24-16-19-14(20-21-16)7-6-13-5-2-8-23-13/h1-9H,10H2,(H,18,22)(H,19,20,21)/b7-6+. The Bertz CT molecular complexity index is 845. The Kier molecular flexibility index (Phi) is 5.07. The van der Waals surface area contributed by atoms with E-state index in [9.17, 15) is 9.18 Å². The summed E-state index contributed by atoms with van der Waals surface area (Å²) in [5.41, 5.74) is 0.414. The second-order valence-corrected chi connectivity index (χ2v) is 5.64. The lowest BCUT2D eigenvalue weighted by Crippen LogP contribution is -2.14. The van der Waals surface area contributed by atoms with Gasteiger partial charge in [-0.1, -0.05) is 17.8 Å². The van der Waals surface area contributed by atoms with E-state index in [2.05, 4.69) is 20.5 Å². The molecule has 24 heavy (non-hydrogen) atoms. The van der Waals surface area contributed by atoms with Crippen molar-refractivity contribution in [3.63, 3.8) is 0 Å². The lowest BCUT2D eigenvalue weighted by molar-refractivity contribution is -0.113. The number of furan rings is 1. The Hall–Kier alpha value is -2.87. The zero-order valence-electron chi connectivity index (χ0n) is 12.4. The highest BCUT2D eigenvalue weighted by atomic mass is 32.2. The molecule has 3 rings (SSSR count). The summed E-state index contributed by atoms with van der Waals surface area (Å²) in [5.74, 6) is 0.718. The second-order valence-electron chi connectivity index (χ2n) is 4.70. The van der Waals surface area contributed by atoms with Crippen LogP contribution in [-0.2, 0) is 4.79 Å². The van der Waals surface area contributed by atoms with Gasteiger partial charge in [-0.2, -0.15) is 0 Å². The van der Waals surface area contributed by atoms with E-state index < -0.39 is 5.82 Å². The Balaban J connectivity index is 1.50. The fourth-order valence-corrected chi connectivity index (χ4v) is 2.44. The molecule has 0 radical (unpaired) electrons. The minimum Gasteiger partial charge on any atom is -0.465 e. The molecule has 2 N–H and O–H groups in total. The number of carbonyl (C=O) groups excluding carboxylic acids is 1. The number of rotatable bonds is 6. The van der Waals surface area contributed by atoms with Crippen LogP contribution >= 0.6 is 11.8 Å². The molecule has 8 heteroatoms. The zero-order valence-corrected chi connectivity index (χ0v) is 13.2. The van der Waals surface area contributed by atoms with Crippen LogP contribution in [0.25, 0.3) is 12.2 Å².